The highest BCUT2D eigenvalue weighted by atomic mass is 35.5. The normalized spacial score (nSPS) is 19.1. The maximum Gasteiger partial charge on any atom is 0.229 e. The zero-order chi connectivity index (χ0) is 30.7. The maximum absolute atomic E-state index is 13.4. The minimum atomic E-state index is -2.74. The van der Waals surface area contributed by atoms with Crippen molar-refractivity contribution in [2.75, 3.05) is 12.8 Å². The van der Waals surface area contributed by atoms with E-state index in [1.165, 1.54) is 6.26 Å². The lowest BCUT2D eigenvalue weighted by Crippen LogP contribution is -2.51. The average Bonchev–Trinajstić information content (AvgIpc) is 2.83. The first kappa shape index (κ1) is 35.9. The number of nitrogens with zero attached hydrogens (tertiary/aromatic N) is 1. The maximum atomic E-state index is 13.4. The van der Waals surface area contributed by atoms with Crippen molar-refractivity contribution in [3.05, 3.63) is 70.2 Å². The Morgan fingerprint density at radius 2 is 1.48 bits per heavy atom. The molecule has 6 nitrogen and oxygen atoms in total. The summed E-state index contributed by atoms with van der Waals surface area (Å²) < 4.78 is 20.7. The van der Waals surface area contributed by atoms with E-state index in [9.17, 15) is 18.0 Å². The molecule has 2 aromatic carbocycles. The molecule has 1 saturated heterocycles. The van der Waals surface area contributed by atoms with Crippen LogP contribution in [0.25, 0.3) is 0 Å². The van der Waals surface area contributed by atoms with Crippen molar-refractivity contribution < 1.29 is 18.0 Å². The highest BCUT2D eigenvalue weighted by Gasteiger charge is 2.45. The first-order valence-electron chi connectivity index (χ1n) is 13.7. The van der Waals surface area contributed by atoms with Crippen LogP contribution in [0.3, 0.4) is 0 Å². The highest BCUT2D eigenvalue weighted by molar-refractivity contribution is 7.91. The summed E-state index contributed by atoms with van der Waals surface area (Å²) in [4.78, 5) is 27.6. The lowest BCUT2D eigenvalue weighted by atomic mass is 9.74. The summed E-state index contributed by atoms with van der Waals surface area (Å²) in [6.07, 6.45) is 3.04. The molecular formula is C31H46Cl2N2O4S. The van der Waals surface area contributed by atoms with Crippen molar-refractivity contribution in [1.29, 1.82) is 0 Å². The molecule has 1 aliphatic rings. The Morgan fingerprint density at radius 1 is 0.975 bits per heavy atom. The van der Waals surface area contributed by atoms with Gasteiger partial charge in [0.05, 0.1) is 16.7 Å². The van der Waals surface area contributed by atoms with Gasteiger partial charge in [-0.1, -0.05) is 74.3 Å². The van der Waals surface area contributed by atoms with Crippen LogP contribution in [0, 0.1) is 11.3 Å². The van der Waals surface area contributed by atoms with Gasteiger partial charge in [-0.3, -0.25) is 9.59 Å². The number of likely N-dealkylation sites (tertiary alicyclic amines) is 1. The molecule has 0 saturated carbocycles. The Labute approximate surface area is 251 Å². The van der Waals surface area contributed by atoms with Crippen LogP contribution in [0.2, 0.25) is 10.0 Å². The summed E-state index contributed by atoms with van der Waals surface area (Å²) in [5.74, 6) is 0.391. The van der Waals surface area contributed by atoms with Crippen molar-refractivity contribution in [1.82, 2.24) is 10.2 Å². The lowest BCUT2D eigenvalue weighted by molar-refractivity contribution is -0.153. The Hall–Kier alpha value is -2.09. The highest BCUT2D eigenvalue weighted by Crippen LogP contribution is 2.43. The molecule has 0 aromatic heterocycles. The monoisotopic (exact) mass is 612 g/mol. The average molecular weight is 614 g/mol. The molecule has 2 aromatic rings. The van der Waals surface area contributed by atoms with Crippen molar-refractivity contribution >= 4 is 44.9 Å². The molecule has 9 heteroatoms. The number of benzene rings is 2. The molecule has 0 aliphatic carbocycles. The van der Waals surface area contributed by atoms with Crippen LogP contribution in [0.1, 0.15) is 79.3 Å². The number of halogens is 2. The van der Waals surface area contributed by atoms with Crippen LogP contribution in [-0.2, 0) is 19.4 Å². The molecule has 1 aliphatic heterocycles. The van der Waals surface area contributed by atoms with Gasteiger partial charge in [0.25, 0.3) is 0 Å². The second-order valence-corrected chi connectivity index (χ2v) is 15.1. The molecule has 1 N–H and O–H groups in total. The van der Waals surface area contributed by atoms with E-state index in [0.717, 1.165) is 17.0 Å². The number of amides is 2. The summed E-state index contributed by atoms with van der Waals surface area (Å²) in [7, 11) is -2.74. The van der Waals surface area contributed by atoms with Crippen LogP contribution >= 0.6 is 23.2 Å². The van der Waals surface area contributed by atoms with Crippen molar-refractivity contribution in [3.8, 4) is 0 Å². The fraction of sp³-hybridized carbons (Fsp3) is 0.548. The molecule has 224 valence electrons. The van der Waals surface area contributed by atoms with Crippen LogP contribution < -0.4 is 5.32 Å². The number of hydrogen-bond acceptors (Lipinski definition) is 4. The molecule has 1 heterocycles. The van der Waals surface area contributed by atoms with Gasteiger partial charge >= 0.3 is 0 Å². The predicted octanol–water partition coefficient (Wildman–Crippen LogP) is 7.36. The molecule has 1 fully saturated rings. The molecule has 2 amide bonds. The second kappa shape index (κ2) is 16.4. The number of hydrogen-bond donors (Lipinski definition) is 1. The smallest absolute Gasteiger partial charge is 0.229 e. The fourth-order valence-corrected chi connectivity index (χ4v) is 4.42. The van der Waals surface area contributed by atoms with E-state index < -0.39 is 15.3 Å². The summed E-state index contributed by atoms with van der Waals surface area (Å²) >= 11 is 11.6. The van der Waals surface area contributed by atoms with Crippen molar-refractivity contribution in [2.45, 2.75) is 85.1 Å². The number of piperidine rings is 1. The third kappa shape index (κ3) is 12.6. The zero-order valence-electron chi connectivity index (χ0n) is 25.1. The third-order valence-electron chi connectivity index (χ3n) is 6.53. The molecular weight excluding hydrogens is 567 g/mol. The summed E-state index contributed by atoms with van der Waals surface area (Å²) in [5, 5.41) is 4.18. The van der Waals surface area contributed by atoms with E-state index in [0.29, 0.717) is 23.9 Å². The van der Waals surface area contributed by atoms with Crippen LogP contribution in [0.5, 0.6) is 0 Å². The van der Waals surface area contributed by atoms with E-state index in [1.807, 2.05) is 80.3 Å². The third-order valence-corrected chi connectivity index (χ3v) is 8.75. The van der Waals surface area contributed by atoms with Gasteiger partial charge in [-0.15, -0.1) is 0 Å². The van der Waals surface area contributed by atoms with Gasteiger partial charge in [-0.25, -0.2) is 8.42 Å². The molecule has 3 rings (SSSR count). The fourth-order valence-electron chi connectivity index (χ4n) is 4.15. The molecule has 2 atom stereocenters. The molecule has 1 unspecified atom stereocenters. The number of sulfone groups is 1. The van der Waals surface area contributed by atoms with Crippen LogP contribution in [0.15, 0.2) is 54.6 Å². The van der Waals surface area contributed by atoms with E-state index in [-0.39, 0.29) is 35.6 Å². The Balaban J connectivity index is 0.000000465. The predicted molar refractivity (Wildman–Crippen MR) is 167 cm³/mol. The number of rotatable bonds is 7. The van der Waals surface area contributed by atoms with Crippen molar-refractivity contribution in [3.63, 3.8) is 0 Å². The largest absolute Gasteiger partial charge is 0.354 e. The molecule has 0 bridgehead atoms. The van der Waals surface area contributed by atoms with Gasteiger partial charge in [-0.2, -0.15) is 0 Å². The van der Waals surface area contributed by atoms with Crippen LogP contribution in [0.4, 0.5) is 0 Å². The number of nitrogens with one attached hydrogen (secondary N) is 1. The van der Waals surface area contributed by atoms with E-state index in [2.05, 4.69) is 19.2 Å². The van der Waals surface area contributed by atoms with Gasteiger partial charge in [0.2, 0.25) is 11.8 Å². The van der Waals surface area contributed by atoms with Gasteiger partial charge in [0, 0.05) is 35.3 Å². The summed E-state index contributed by atoms with van der Waals surface area (Å²) in [6.45, 7) is 14.0. The SMILES string of the molecule is CC(C)CN1C(=O)[C@@](C)(CC(=O)NC(C)C)CCC1c1ccc(Cl)cc1.CC(C)S(C)(=O)=O.Clc1ccccc1. The van der Waals surface area contributed by atoms with Gasteiger partial charge in [-0.05, 0) is 76.3 Å². The zero-order valence-corrected chi connectivity index (χ0v) is 27.4. The Morgan fingerprint density at radius 3 is 1.88 bits per heavy atom. The van der Waals surface area contributed by atoms with Gasteiger partial charge < -0.3 is 10.2 Å². The lowest BCUT2D eigenvalue weighted by Gasteiger charge is -2.45. The Kier molecular flexibility index (Phi) is 14.7. The second-order valence-electron chi connectivity index (χ2n) is 11.6. The standard InChI is InChI=1S/C21H31ClN2O2.C6H5Cl.C4H10O2S/c1-14(2)13-24-18(16-6-8-17(22)9-7-16)10-11-21(5,20(24)26)12-19(25)23-15(3)4;7-6-4-2-1-3-5-6;1-4(2)7(3,5)6/h6-9,14-15,18H,10-13H2,1-5H3,(H,23,25);1-5H;4H,1-3H3/t18?,21-;;/m1../s1. The minimum absolute atomic E-state index is 0.0448. The first-order valence-corrected chi connectivity index (χ1v) is 16.4. The summed E-state index contributed by atoms with van der Waals surface area (Å²) in [5.41, 5.74) is 0.466. The van der Waals surface area contributed by atoms with Crippen molar-refractivity contribution in [2.24, 2.45) is 11.3 Å². The van der Waals surface area contributed by atoms with E-state index >= 15 is 0 Å². The number of carbonyl (C=O) groups is 2. The van der Waals surface area contributed by atoms with Gasteiger partial charge in [0.1, 0.15) is 9.84 Å². The quantitative estimate of drug-likeness (QED) is 0.354. The Bertz CT molecular complexity index is 1170. The first-order chi connectivity index (χ1) is 18.5. The topological polar surface area (TPSA) is 83.6 Å². The minimum Gasteiger partial charge on any atom is -0.354 e. The van der Waals surface area contributed by atoms with Gasteiger partial charge in [0.15, 0.2) is 0 Å². The van der Waals surface area contributed by atoms with E-state index in [1.54, 1.807) is 13.8 Å². The van der Waals surface area contributed by atoms with E-state index in [4.69, 9.17) is 23.2 Å². The molecule has 40 heavy (non-hydrogen) atoms. The molecule has 0 radical (unpaired) electrons. The summed E-state index contributed by atoms with van der Waals surface area (Å²) in [6, 6.07) is 17.3. The molecule has 0 spiro atoms. The van der Waals surface area contributed by atoms with Crippen LogP contribution in [-0.4, -0.2) is 49.2 Å². The number of carbonyl (C=O) groups excluding carboxylic acids is 2.